The number of benzene rings is 1. The van der Waals surface area contributed by atoms with E-state index in [9.17, 15) is 4.79 Å². The average Bonchev–Trinajstić information content (AvgIpc) is 2.85. The molecule has 3 aromatic rings. The van der Waals surface area contributed by atoms with Gasteiger partial charge >= 0.3 is 5.97 Å². The van der Waals surface area contributed by atoms with Crippen LogP contribution in [-0.4, -0.2) is 30.7 Å². The van der Waals surface area contributed by atoms with Gasteiger partial charge in [0.15, 0.2) is 12.4 Å². The van der Waals surface area contributed by atoms with Gasteiger partial charge in [0.1, 0.15) is 10.7 Å². The summed E-state index contributed by atoms with van der Waals surface area (Å²) in [4.78, 5) is 24.4. The van der Waals surface area contributed by atoms with Gasteiger partial charge in [0, 0.05) is 12.7 Å². The van der Waals surface area contributed by atoms with Crippen LogP contribution in [0.4, 0.5) is 17.6 Å². The first-order valence-electron chi connectivity index (χ1n) is 7.62. The van der Waals surface area contributed by atoms with Crippen LogP contribution in [0.2, 0.25) is 5.15 Å². The first kappa shape index (κ1) is 17.6. The lowest BCUT2D eigenvalue weighted by Crippen LogP contribution is -2.11. The molecule has 2 aromatic heterocycles. The number of halogens is 1. The summed E-state index contributed by atoms with van der Waals surface area (Å²) in [6.45, 7) is 1.49. The van der Waals surface area contributed by atoms with Crippen molar-refractivity contribution in [2.24, 2.45) is 7.05 Å². The van der Waals surface area contributed by atoms with Gasteiger partial charge in [-0.25, -0.2) is 4.79 Å². The molecule has 0 radical (unpaired) electrons. The first-order chi connectivity index (χ1) is 12.4. The highest BCUT2D eigenvalue weighted by molar-refractivity contribution is 6.32. The SMILES string of the molecule is Cc1nn(C)c(Cl)c1C(=O)OCc1nc(N)nc(Nc2ccccc2)n1. The van der Waals surface area contributed by atoms with Crippen LogP contribution in [0.3, 0.4) is 0 Å². The van der Waals surface area contributed by atoms with Crippen molar-refractivity contribution >= 4 is 35.2 Å². The molecule has 0 bridgehead atoms. The number of rotatable bonds is 5. The summed E-state index contributed by atoms with van der Waals surface area (Å²) in [5, 5.41) is 7.29. The Morgan fingerprint density at radius 3 is 2.65 bits per heavy atom. The number of carbonyl (C=O) groups excluding carboxylic acids is 1. The first-order valence-corrected chi connectivity index (χ1v) is 8.00. The van der Waals surface area contributed by atoms with E-state index < -0.39 is 5.97 Å². The molecule has 2 heterocycles. The van der Waals surface area contributed by atoms with Gasteiger partial charge in [-0.3, -0.25) is 4.68 Å². The zero-order chi connectivity index (χ0) is 18.7. The summed E-state index contributed by atoms with van der Waals surface area (Å²) >= 11 is 6.06. The van der Waals surface area contributed by atoms with Gasteiger partial charge in [0.25, 0.3) is 0 Å². The minimum Gasteiger partial charge on any atom is -0.454 e. The van der Waals surface area contributed by atoms with Gasteiger partial charge in [0.05, 0.1) is 5.69 Å². The molecule has 10 heteroatoms. The second kappa shape index (κ2) is 7.36. The van der Waals surface area contributed by atoms with Crippen LogP contribution >= 0.6 is 11.6 Å². The van der Waals surface area contributed by atoms with Gasteiger partial charge in [0.2, 0.25) is 11.9 Å². The van der Waals surface area contributed by atoms with Crippen molar-refractivity contribution in [1.29, 1.82) is 0 Å². The zero-order valence-corrected chi connectivity index (χ0v) is 14.9. The number of aryl methyl sites for hydroxylation is 2. The van der Waals surface area contributed by atoms with Gasteiger partial charge in [-0.05, 0) is 19.1 Å². The summed E-state index contributed by atoms with van der Waals surface area (Å²) in [5.41, 5.74) is 7.18. The third kappa shape index (κ3) is 3.89. The van der Waals surface area contributed by atoms with E-state index >= 15 is 0 Å². The second-order valence-electron chi connectivity index (χ2n) is 5.38. The monoisotopic (exact) mass is 373 g/mol. The molecule has 0 amide bonds. The fraction of sp³-hybridized carbons (Fsp3) is 0.188. The maximum Gasteiger partial charge on any atom is 0.343 e. The number of hydrogen-bond donors (Lipinski definition) is 2. The number of carbonyl (C=O) groups is 1. The van der Waals surface area contributed by atoms with Crippen LogP contribution in [0, 0.1) is 6.92 Å². The number of para-hydroxylation sites is 1. The third-order valence-electron chi connectivity index (χ3n) is 3.42. The molecular weight excluding hydrogens is 358 g/mol. The topological polar surface area (TPSA) is 121 Å². The molecule has 0 saturated carbocycles. The van der Waals surface area contributed by atoms with E-state index in [1.807, 2.05) is 30.3 Å². The van der Waals surface area contributed by atoms with E-state index in [1.165, 1.54) is 4.68 Å². The molecule has 0 fully saturated rings. The molecule has 0 unspecified atom stereocenters. The van der Waals surface area contributed by atoms with Gasteiger partial charge in [-0.2, -0.15) is 20.1 Å². The molecule has 0 aliphatic heterocycles. The van der Waals surface area contributed by atoms with E-state index in [0.29, 0.717) is 5.69 Å². The quantitative estimate of drug-likeness (QED) is 0.653. The Balaban J connectivity index is 1.73. The molecule has 0 saturated heterocycles. The lowest BCUT2D eigenvalue weighted by atomic mass is 10.3. The van der Waals surface area contributed by atoms with E-state index in [1.54, 1.807) is 14.0 Å². The Bertz CT molecular complexity index is 943. The normalized spacial score (nSPS) is 10.6. The molecule has 3 N–H and O–H groups in total. The van der Waals surface area contributed by atoms with Crippen molar-refractivity contribution in [2.45, 2.75) is 13.5 Å². The second-order valence-corrected chi connectivity index (χ2v) is 5.73. The fourth-order valence-electron chi connectivity index (χ4n) is 2.27. The minimum absolute atomic E-state index is 0.0140. The minimum atomic E-state index is -0.614. The number of nitrogens with two attached hydrogens (primary N) is 1. The lowest BCUT2D eigenvalue weighted by molar-refractivity contribution is 0.0461. The fourth-order valence-corrected chi connectivity index (χ4v) is 2.52. The molecule has 134 valence electrons. The maximum absolute atomic E-state index is 12.3. The average molecular weight is 374 g/mol. The number of nitrogens with one attached hydrogen (secondary N) is 1. The van der Waals surface area contributed by atoms with Crippen molar-refractivity contribution in [3.05, 3.63) is 52.6 Å². The molecule has 26 heavy (non-hydrogen) atoms. The summed E-state index contributed by atoms with van der Waals surface area (Å²) < 4.78 is 6.64. The number of hydrogen-bond acceptors (Lipinski definition) is 8. The highest BCUT2D eigenvalue weighted by Gasteiger charge is 2.21. The van der Waals surface area contributed by atoms with Crippen molar-refractivity contribution < 1.29 is 9.53 Å². The predicted octanol–water partition coefficient (Wildman–Crippen LogP) is 2.25. The molecule has 3 rings (SSSR count). The van der Waals surface area contributed by atoms with Crippen molar-refractivity contribution in [2.75, 3.05) is 11.1 Å². The van der Waals surface area contributed by atoms with Gasteiger partial charge in [-0.1, -0.05) is 29.8 Å². The Morgan fingerprint density at radius 2 is 2.00 bits per heavy atom. The van der Waals surface area contributed by atoms with Gasteiger partial charge < -0.3 is 15.8 Å². The van der Waals surface area contributed by atoms with E-state index in [4.69, 9.17) is 22.1 Å². The lowest BCUT2D eigenvalue weighted by Gasteiger charge is -2.08. The predicted molar refractivity (Wildman–Crippen MR) is 96.0 cm³/mol. The smallest absolute Gasteiger partial charge is 0.343 e. The largest absolute Gasteiger partial charge is 0.454 e. The Kier molecular flexibility index (Phi) is 4.99. The summed E-state index contributed by atoms with van der Waals surface area (Å²) in [5.74, 6) is -0.135. The number of anilines is 3. The highest BCUT2D eigenvalue weighted by atomic mass is 35.5. The third-order valence-corrected chi connectivity index (χ3v) is 3.85. The number of esters is 1. The molecule has 9 nitrogen and oxygen atoms in total. The molecular formula is C16H16ClN7O2. The van der Waals surface area contributed by atoms with Crippen LogP contribution < -0.4 is 11.1 Å². The number of aromatic nitrogens is 5. The van der Waals surface area contributed by atoms with Crippen molar-refractivity contribution in [3.63, 3.8) is 0 Å². The van der Waals surface area contributed by atoms with Crippen LogP contribution in [0.25, 0.3) is 0 Å². The van der Waals surface area contributed by atoms with Crippen molar-refractivity contribution in [3.8, 4) is 0 Å². The van der Waals surface area contributed by atoms with Gasteiger partial charge in [-0.15, -0.1) is 0 Å². The van der Waals surface area contributed by atoms with E-state index in [2.05, 4.69) is 25.4 Å². The number of nitrogens with zero attached hydrogens (tertiary/aromatic N) is 5. The summed E-state index contributed by atoms with van der Waals surface area (Å²) in [6, 6.07) is 9.34. The molecule has 0 atom stereocenters. The van der Waals surface area contributed by atoms with Crippen LogP contribution in [0.5, 0.6) is 0 Å². The summed E-state index contributed by atoms with van der Waals surface area (Å²) in [7, 11) is 1.64. The highest BCUT2D eigenvalue weighted by Crippen LogP contribution is 2.20. The van der Waals surface area contributed by atoms with Crippen LogP contribution in [0.15, 0.2) is 30.3 Å². The Morgan fingerprint density at radius 1 is 1.27 bits per heavy atom. The standard InChI is InChI=1S/C16H16ClN7O2/c1-9-12(13(17)24(2)23-9)14(25)26-8-11-20-15(18)22-16(21-11)19-10-6-4-3-5-7-10/h3-7H,8H2,1-2H3,(H3,18,19,20,21,22). The Hall–Kier alpha value is -3.20. The number of ether oxygens (including phenoxy) is 1. The van der Waals surface area contributed by atoms with E-state index in [0.717, 1.165) is 5.69 Å². The number of nitrogen functional groups attached to an aromatic ring is 1. The van der Waals surface area contributed by atoms with E-state index in [-0.39, 0.29) is 35.0 Å². The Labute approximate surface area is 154 Å². The van der Waals surface area contributed by atoms with Crippen molar-refractivity contribution in [1.82, 2.24) is 24.7 Å². The molecule has 0 spiro atoms. The molecule has 1 aromatic carbocycles. The molecule has 0 aliphatic rings. The summed E-state index contributed by atoms with van der Waals surface area (Å²) in [6.07, 6.45) is 0. The van der Waals surface area contributed by atoms with Crippen LogP contribution in [0.1, 0.15) is 21.9 Å². The molecule has 0 aliphatic carbocycles. The maximum atomic E-state index is 12.3. The van der Waals surface area contributed by atoms with Crippen LogP contribution in [-0.2, 0) is 18.4 Å². The zero-order valence-electron chi connectivity index (χ0n) is 14.1.